The molecule has 3 atom stereocenters. The third-order valence-corrected chi connectivity index (χ3v) is 4.71. The van der Waals surface area contributed by atoms with Crippen LogP contribution in [0.3, 0.4) is 0 Å². The van der Waals surface area contributed by atoms with E-state index in [4.69, 9.17) is 4.74 Å². The van der Waals surface area contributed by atoms with Crippen molar-refractivity contribution in [2.24, 2.45) is 11.0 Å². The summed E-state index contributed by atoms with van der Waals surface area (Å²) in [7, 11) is 1.79. The zero-order valence-corrected chi connectivity index (χ0v) is 13.4. The number of rotatable bonds is 8. The normalized spacial score (nSPS) is 23.2. The summed E-state index contributed by atoms with van der Waals surface area (Å²) >= 11 is 0. The van der Waals surface area contributed by atoms with Crippen LogP contribution in [0, 0.1) is 5.92 Å². The fourth-order valence-electron chi connectivity index (χ4n) is 3.00. The Morgan fingerprint density at radius 3 is 2.65 bits per heavy atom. The van der Waals surface area contributed by atoms with Gasteiger partial charge in [0.05, 0.1) is 24.0 Å². The molecule has 1 aliphatic rings. The van der Waals surface area contributed by atoms with E-state index in [-0.39, 0.29) is 11.5 Å². The standard InChI is InChI=1S/C16H30N2O2/c1-6-13(4)14(19)12-17-18-11-9-10-15(18)16(7-2,8-3)20-5/h6,12-15,19H,1,7-11H2,2-5H3/b17-12+/t13-,14+,15+/m1/s1. The molecule has 0 spiro atoms. The van der Waals surface area contributed by atoms with Gasteiger partial charge in [-0.3, -0.25) is 5.01 Å². The van der Waals surface area contributed by atoms with Gasteiger partial charge in [-0.15, -0.1) is 6.58 Å². The Morgan fingerprint density at radius 1 is 1.50 bits per heavy atom. The molecule has 0 aromatic carbocycles. The van der Waals surface area contributed by atoms with Crippen LogP contribution >= 0.6 is 0 Å². The quantitative estimate of drug-likeness (QED) is 0.550. The van der Waals surface area contributed by atoms with Crippen LogP contribution in [0.15, 0.2) is 17.8 Å². The molecule has 1 aliphatic heterocycles. The summed E-state index contributed by atoms with van der Waals surface area (Å²) in [5, 5.41) is 16.6. The number of ether oxygens (including phenoxy) is 1. The third-order valence-electron chi connectivity index (χ3n) is 4.71. The Hall–Kier alpha value is -0.870. The van der Waals surface area contributed by atoms with Crippen LogP contribution in [0.2, 0.25) is 0 Å². The van der Waals surface area contributed by atoms with Gasteiger partial charge < -0.3 is 9.84 Å². The van der Waals surface area contributed by atoms with Gasteiger partial charge in [-0.1, -0.05) is 26.8 Å². The molecule has 1 heterocycles. The number of nitrogens with zero attached hydrogens (tertiary/aromatic N) is 2. The summed E-state index contributed by atoms with van der Waals surface area (Å²) in [6, 6.07) is 0.296. The van der Waals surface area contributed by atoms with E-state index in [1.807, 2.05) is 6.92 Å². The minimum atomic E-state index is -0.575. The maximum absolute atomic E-state index is 9.96. The van der Waals surface area contributed by atoms with Crippen LogP contribution in [0.5, 0.6) is 0 Å². The Labute approximate surface area is 123 Å². The van der Waals surface area contributed by atoms with Crippen molar-refractivity contribution in [2.75, 3.05) is 13.7 Å². The van der Waals surface area contributed by atoms with Crippen LogP contribution in [0.1, 0.15) is 46.5 Å². The maximum atomic E-state index is 9.96. The predicted octanol–water partition coefficient (Wildman–Crippen LogP) is 2.82. The van der Waals surface area contributed by atoms with Gasteiger partial charge in [0.25, 0.3) is 0 Å². The van der Waals surface area contributed by atoms with Crippen LogP contribution in [-0.4, -0.2) is 47.7 Å². The highest BCUT2D eigenvalue weighted by Crippen LogP contribution is 2.34. The minimum absolute atomic E-state index is 0.0179. The van der Waals surface area contributed by atoms with E-state index in [0.717, 1.165) is 32.2 Å². The van der Waals surface area contributed by atoms with Gasteiger partial charge in [0, 0.05) is 19.6 Å². The van der Waals surface area contributed by atoms with Crippen LogP contribution < -0.4 is 0 Å². The highest BCUT2D eigenvalue weighted by Gasteiger charge is 2.41. The molecule has 0 unspecified atom stereocenters. The molecule has 0 radical (unpaired) electrons. The second-order valence-corrected chi connectivity index (χ2v) is 5.65. The summed E-state index contributed by atoms with van der Waals surface area (Å²) in [4.78, 5) is 0. The van der Waals surface area contributed by atoms with Crippen molar-refractivity contribution in [3.63, 3.8) is 0 Å². The minimum Gasteiger partial charge on any atom is -0.387 e. The first kappa shape index (κ1) is 17.2. The first-order valence-corrected chi connectivity index (χ1v) is 7.71. The Morgan fingerprint density at radius 2 is 2.15 bits per heavy atom. The van der Waals surface area contributed by atoms with Crippen molar-refractivity contribution in [3.8, 4) is 0 Å². The maximum Gasteiger partial charge on any atom is 0.0968 e. The lowest BCUT2D eigenvalue weighted by Crippen LogP contribution is -2.48. The number of aliphatic hydroxyl groups excluding tert-OH is 1. The van der Waals surface area contributed by atoms with E-state index >= 15 is 0 Å². The molecule has 4 nitrogen and oxygen atoms in total. The van der Waals surface area contributed by atoms with Crippen LogP contribution in [0.25, 0.3) is 0 Å². The largest absolute Gasteiger partial charge is 0.387 e. The molecule has 116 valence electrons. The molecule has 0 aromatic heterocycles. The summed E-state index contributed by atoms with van der Waals surface area (Å²) < 4.78 is 5.83. The molecule has 0 bridgehead atoms. The fraction of sp³-hybridized carbons (Fsp3) is 0.812. The van der Waals surface area contributed by atoms with Crippen LogP contribution in [0.4, 0.5) is 0 Å². The Bertz CT molecular complexity index is 318. The lowest BCUT2D eigenvalue weighted by atomic mass is 9.87. The second kappa shape index (κ2) is 7.79. The molecule has 0 aromatic rings. The number of aliphatic hydroxyl groups is 1. The first-order chi connectivity index (χ1) is 9.54. The van der Waals surface area contributed by atoms with E-state index in [0.29, 0.717) is 6.04 Å². The van der Waals surface area contributed by atoms with Crippen molar-refractivity contribution in [3.05, 3.63) is 12.7 Å². The summed E-state index contributed by atoms with van der Waals surface area (Å²) in [5.41, 5.74) is -0.136. The van der Waals surface area contributed by atoms with Crippen molar-refractivity contribution in [1.82, 2.24) is 5.01 Å². The molecule has 1 N–H and O–H groups in total. The van der Waals surface area contributed by atoms with Crippen molar-refractivity contribution in [1.29, 1.82) is 0 Å². The fourth-order valence-corrected chi connectivity index (χ4v) is 3.00. The number of hydrogen-bond donors (Lipinski definition) is 1. The van der Waals surface area contributed by atoms with Crippen LogP contribution in [-0.2, 0) is 4.74 Å². The second-order valence-electron chi connectivity index (χ2n) is 5.65. The molecule has 0 aliphatic carbocycles. The van der Waals surface area contributed by atoms with E-state index < -0.39 is 6.10 Å². The highest BCUT2D eigenvalue weighted by molar-refractivity contribution is 5.63. The van der Waals surface area contributed by atoms with Gasteiger partial charge in [-0.25, -0.2) is 0 Å². The predicted molar refractivity (Wildman–Crippen MR) is 83.9 cm³/mol. The first-order valence-electron chi connectivity index (χ1n) is 7.71. The van der Waals surface area contributed by atoms with E-state index in [2.05, 4.69) is 30.5 Å². The molecule has 1 saturated heterocycles. The lowest BCUT2D eigenvalue weighted by molar-refractivity contribution is -0.0732. The zero-order valence-electron chi connectivity index (χ0n) is 13.4. The van der Waals surface area contributed by atoms with Gasteiger partial charge in [-0.2, -0.15) is 5.10 Å². The highest BCUT2D eigenvalue weighted by atomic mass is 16.5. The molecule has 0 amide bonds. The summed E-state index contributed by atoms with van der Waals surface area (Å²) in [5.74, 6) is 0.0179. The molecule has 4 heteroatoms. The molecule has 20 heavy (non-hydrogen) atoms. The van der Waals surface area contributed by atoms with Crippen molar-refractivity contribution >= 4 is 6.21 Å². The van der Waals surface area contributed by atoms with E-state index in [1.165, 1.54) is 0 Å². The average molecular weight is 282 g/mol. The van der Waals surface area contributed by atoms with Crippen molar-refractivity contribution < 1.29 is 9.84 Å². The molecular formula is C16H30N2O2. The molecule has 1 fully saturated rings. The third kappa shape index (κ3) is 3.61. The van der Waals surface area contributed by atoms with E-state index in [1.54, 1.807) is 19.4 Å². The van der Waals surface area contributed by atoms with E-state index in [9.17, 15) is 5.11 Å². The van der Waals surface area contributed by atoms with Gasteiger partial charge in [0.15, 0.2) is 0 Å². The number of methoxy groups -OCH3 is 1. The number of hydrazone groups is 1. The topological polar surface area (TPSA) is 45.1 Å². The zero-order chi connectivity index (χ0) is 15.2. The van der Waals surface area contributed by atoms with Gasteiger partial charge in [0.2, 0.25) is 0 Å². The molecular weight excluding hydrogens is 252 g/mol. The molecule has 1 rings (SSSR count). The Balaban J connectivity index is 2.79. The monoisotopic (exact) mass is 282 g/mol. The molecule has 0 saturated carbocycles. The van der Waals surface area contributed by atoms with Gasteiger partial charge in [-0.05, 0) is 25.7 Å². The average Bonchev–Trinajstić information content (AvgIpc) is 2.95. The van der Waals surface area contributed by atoms with Gasteiger partial charge in [0.1, 0.15) is 0 Å². The van der Waals surface area contributed by atoms with Gasteiger partial charge >= 0.3 is 0 Å². The smallest absolute Gasteiger partial charge is 0.0968 e. The lowest BCUT2D eigenvalue weighted by Gasteiger charge is -2.40. The number of hydrogen-bond acceptors (Lipinski definition) is 4. The summed E-state index contributed by atoms with van der Waals surface area (Å²) in [6.45, 7) is 10.9. The summed E-state index contributed by atoms with van der Waals surface area (Å²) in [6.07, 6.45) is 6.98. The Kier molecular flexibility index (Phi) is 6.69. The van der Waals surface area contributed by atoms with Crippen molar-refractivity contribution in [2.45, 2.75) is 64.2 Å². The SMILES string of the molecule is C=C[C@@H](C)[C@@H](O)/C=N/N1CCC[C@H]1C(CC)(CC)OC.